The normalized spacial score (nSPS) is 17.0. The minimum atomic E-state index is -0.643. The summed E-state index contributed by atoms with van der Waals surface area (Å²) < 4.78 is 18.5. The molecule has 0 spiro atoms. The molecule has 1 N–H and O–H groups in total. The number of rotatable bonds is 2. The molecule has 110 valence electrons. The summed E-state index contributed by atoms with van der Waals surface area (Å²) in [6.45, 7) is 0. The molecule has 1 fully saturated rings. The Labute approximate surface area is 130 Å². The Morgan fingerprint density at radius 2 is 2.05 bits per heavy atom. The van der Waals surface area contributed by atoms with E-state index in [-0.39, 0.29) is 16.4 Å². The van der Waals surface area contributed by atoms with Crippen LogP contribution in [-0.2, 0) is 9.59 Å². The zero-order valence-corrected chi connectivity index (χ0v) is 11.9. The molecule has 0 aliphatic carbocycles. The summed E-state index contributed by atoms with van der Waals surface area (Å²) >= 11 is 5.01. The molecule has 2 amide bonds. The number of anilines is 1. The van der Waals surface area contributed by atoms with Gasteiger partial charge in [-0.1, -0.05) is 6.07 Å². The van der Waals surface area contributed by atoms with Gasteiger partial charge in [0.05, 0.1) is 12.0 Å². The van der Waals surface area contributed by atoms with E-state index in [0.717, 1.165) is 11.0 Å². The van der Waals surface area contributed by atoms with E-state index in [2.05, 4.69) is 5.32 Å². The van der Waals surface area contributed by atoms with Gasteiger partial charge < -0.3 is 4.42 Å². The smallest absolute Gasteiger partial charge is 0.270 e. The van der Waals surface area contributed by atoms with Crippen LogP contribution >= 0.6 is 12.2 Å². The second-order valence-electron chi connectivity index (χ2n) is 4.45. The van der Waals surface area contributed by atoms with Crippen LogP contribution in [0.25, 0.3) is 6.08 Å². The summed E-state index contributed by atoms with van der Waals surface area (Å²) in [4.78, 5) is 25.5. The van der Waals surface area contributed by atoms with Gasteiger partial charge in [0.1, 0.15) is 17.2 Å². The van der Waals surface area contributed by atoms with E-state index in [0.29, 0.717) is 5.76 Å². The van der Waals surface area contributed by atoms with Crippen LogP contribution in [0.3, 0.4) is 0 Å². The average molecular weight is 316 g/mol. The molecule has 1 aliphatic heterocycles. The molecule has 5 nitrogen and oxygen atoms in total. The lowest BCUT2D eigenvalue weighted by Gasteiger charge is -2.28. The largest absolute Gasteiger partial charge is 0.465 e. The van der Waals surface area contributed by atoms with Crippen molar-refractivity contribution in [2.45, 2.75) is 0 Å². The van der Waals surface area contributed by atoms with Gasteiger partial charge in [0.2, 0.25) is 0 Å². The molecule has 0 bridgehead atoms. The number of carbonyl (C=O) groups excluding carboxylic acids is 2. The summed E-state index contributed by atoms with van der Waals surface area (Å²) in [7, 11) is 0. The molecule has 1 aromatic heterocycles. The standard InChI is InChI=1S/C15H9FN2O3S/c16-9-3-1-4-10(7-9)18-14(20)12(13(19)17-15(18)22)8-11-5-2-6-21-11/h1-8H,(H,17,19,22)/b12-8+. The number of carbonyl (C=O) groups is 2. The first-order valence-electron chi connectivity index (χ1n) is 6.27. The van der Waals surface area contributed by atoms with E-state index < -0.39 is 17.6 Å². The zero-order valence-electron chi connectivity index (χ0n) is 11.1. The van der Waals surface area contributed by atoms with Crippen molar-refractivity contribution in [3.63, 3.8) is 0 Å². The Balaban J connectivity index is 2.03. The van der Waals surface area contributed by atoms with E-state index in [9.17, 15) is 14.0 Å². The number of furan rings is 1. The predicted molar refractivity (Wildman–Crippen MR) is 81.3 cm³/mol. The van der Waals surface area contributed by atoms with Crippen molar-refractivity contribution in [2.24, 2.45) is 0 Å². The monoisotopic (exact) mass is 316 g/mol. The lowest BCUT2D eigenvalue weighted by molar-refractivity contribution is -0.122. The highest BCUT2D eigenvalue weighted by molar-refractivity contribution is 7.80. The number of nitrogens with zero attached hydrogens (tertiary/aromatic N) is 1. The van der Waals surface area contributed by atoms with Gasteiger partial charge in [-0.3, -0.25) is 19.8 Å². The minimum Gasteiger partial charge on any atom is -0.465 e. The second-order valence-corrected chi connectivity index (χ2v) is 4.84. The molecule has 2 heterocycles. The number of nitrogens with one attached hydrogen (secondary N) is 1. The Morgan fingerprint density at radius 3 is 2.73 bits per heavy atom. The summed E-state index contributed by atoms with van der Waals surface area (Å²) in [5.41, 5.74) is 0.0909. The van der Waals surface area contributed by atoms with E-state index in [1.165, 1.54) is 30.5 Å². The van der Waals surface area contributed by atoms with E-state index in [1.807, 2.05) is 0 Å². The van der Waals surface area contributed by atoms with Gasteiger partial charge in [-0.15, -0.1) is 0 Å². The van der Waals surface area contributed by atoms with Crippen molar-refractivity contribution in [1.29, 1.82) is 0 Å². The van der Waals surface area contributed by atoms with E-state index >= 15 is 0 Å². The Kier molecular flexibility index (Phi) is 3.56. The van der Waals surface area contributed by atoms with Gasteiger partial charge in [0, 0.05) is 0 Å². The van der Waals surface area contributed by atoms with Crippen molar-refractivity contribution in [1.82, 2.24) is 5.32 Å². The van der Waals surface area contributed by atoms with Crippen LogP contribution in [0, 0.1) is 5.82 Å². The highest BCUT2D eigenvalue weighted by Gasteiger charge is 2.34. The molecule has 1 aliphatic rings. The first-order valence-corrected chi connectivity index (χ1v) is 6.67. The minimum absolute atomic E-state index is 0.0998. The summed E-state index contributed by atoms with van der Waals surface area (Å²) in [5.74, 6) is -1.43. The van der Waals surface area contributed by atoms with Gasteiger partial charge in [-0.2, -0.15) is 0 Å². The molecule has 0 radical (unpaired) electrons. The number of hydrogen-bond donors (Lipinski definition) is 1. The lowest BCUT2D eigenvalue weighted by Crippen LogP contribution is -2.54. The molecule has 0 saturated carbocycles. The maximum absolute atomic E-state index is 13.4. The van der Waals surface area contributed by atoms with Crippen molar-refractivity contribution in [3.8, 4) is 0 Å². The molecule has 1 saturated heterocycles. The van der Waals surface area contributed by atoms with Crippen molar-refractivity contribution >= 4 is 40.9 Å². The van der Waals surface area contributed by atoms with Crippen molar-refractivity contribution in [3.05, 3.63) is 59.8 Å². The Morgan fingerprint density at radius 1 is 1.23 bits per heavy atom. The van der Waals surface area contributed by atoms with Crippen LogP contribution in [0.1, 0.15) is 5.76 Å². The first kappa shape index (κ1) is 14.2. The number of hydrogen-bond acceptors (Lipinski definition) is 4. The van der Waals surface area contributed by atoms with Gasteiger partial charge in [-0.25, -0.2) is 4.39 Å². The number of benzene rings is 1. The Hall–Kier alpha value is -2.80. The molecule has 0 unspecified atom stereocenters. The average Bonchev–Trinajstić information content (AvgIpc) is 2.96. The fourth-order valence-corrected chi connectivity index (χ4v) is 2.30. The van der Waals surface area contributed by atoms with Crippen molar-refractivity contribution < 1.29 is 18.4 Å². The van der Waals surface area contributed by atoms with Crippen LogP contribution in [-0.4, -0.2) is 16.9 Å². The summed E-state index contributed by atoms with van der Waals surface area (Å²) in [6, 6.07) is 8.62. The molecule has 0 atom stereocenters. The molecule has 3 rings (SSSR count). The first-order chi connectivity index (χ1) is 10.6. The number of amides is 2. The maximum Gasteiger partial charge on any atom is 0.270 e. The van der Waals surface area contributed by atoms with Crippen LogP contribution in [0.4, 0.5) is 10.1 Å². The maximum atomic E-state index is 13.4. The van der Waals surface area contributed by atoms with Crippen LogP contribution in [0.5, 0.6) is 0 Å². The molecular formula is C15H9FN2O3S. The molecule has 7 heteroatoms. The van der Waals surface area contributed by atoms with E-state index in [4.69, 9.17) is 16.6 Å². The van der Waals surface area contributed by atoms with Gasteiger partial charge in [0.25, 0.3) is 11.8 Å². The fourth-order valence-electron chi connectivity index (χ4n) is 2.02. The molecule has 1 aromatic carbocycles. The molecule has 2 aromatic rings. The zero-order chi connectivity index (χ0) is 15.7. The molecule has 22 heavy (non-hydrogen) atoms. The Bertz CT molecular complexity index is 799. The third kappa shape index (κ3) is 2.53. The van der Waals surface area contributed by atoms with Gasteiger partial charge in [-0.05, 0) is 48.6 Å². The number of halogens is 1. The van der Waals surface area contributed by atoms with Gasteiger partial charge >= 0.3 is 0 Å². The van der Waals surface area contributed by atoms with Crippen LogP contribution < -0.4 is 10.2 Å². The molecular weight excluding hydrogens is 307 g/mol. The quantitative estimate of drug-likeness (QED) is 0.524. The number of thiocarbonyl (C=S) groups is 1. The fraction of sp³-hybridized carbons (Fsp3) is 0. The third-order valence-electron chi connectivity index (χ3n) is 3.00. The van der Waals surface area contributed by atoms with Crippen LogP contribution in [0.15, 0.2) is 52.7 Å². The summed E-state index contributed by atoms with van der Waals surface area (Å²) in [6.07, 6.45) is 2.73. The highest BCUT2D eigenvalue weighted by Crippen LogP contribution is 2.22. The highest BCUT2D eigenvalue weighted by atomic mass is 32.1. The third-order valence-corrected chi connectivity index (χ3v) is 3.28. The second kappa shape index (κ2) is 5.53. The van der Waals surface area contributed by atoms with Gasteiger partial charge in [0.15, 0.2) is 5.11 Å². The van der Waals surface area contributed by atoms with Crippen LogP contribution in [0.2, 0.25) is 0 Å². The van der Waals surface area contributed by atoms with Crippen molar-refractivity contribution in [2.75, 3.05) is 4.90 Å². The van der Waals surface area contributed by atoms with E-state index in [1.54, 1.807) is 12.1 Å². The lowest BCUT2D eigenvalue weighted by atomic mass is 10.1. The summed E-state index contributed by atoms with van der Waals surface area (Å²) in [5, 5.41) is 2.31. The predicted octanol–water partition coefficient (Wildman–Crippen LogP) is 2.25. The topological polar surface area (TPSA) is 62.6 Å². The SMILES string of the molecule is O=C1NC(=S)N(c2cccc(F)c2)C(=O)/C1=C/c1ccco1.